The molecular weight excluding hydrogens is 524 g/mol. The third-order valence-electron chi connectivity index (χ3n) is 5.21. The quantitative estimate of drug-likeness (QED) is 0.144. The van der Waals surface area contributed by atoms with E-state index in [1.807, 2.05) is 4.98 Å². The van der Waals surface area contributed by atoms with Gasteiger partial charge in [-0.25, -0.2) is 13.9 Å². The molecule has 2 aliphatic heterocycles. The summed E-state index contributed by atoms with van der Waals surface area (Å²) in [7, 11) is -10.8. The Hall–Kier alpha value is -1.34. The second-order valence-corrected chi connectivity index (χ2v) is 10.7. The molecule has 20 heteroatoms. The lowest BCUT2D eigenvalue weighted by Crippen LogP contribution is -2.60. The molecule has 200 valence electrons. The summed E-state index contributed by atoms with van der Waals surface area (Å²) in [5, 5.41) is 39.9. The molecule has 0 aliphatic carbocycles. The van der Waals surface area contributed by atoms with Crippen molar-refractivity contribution in [3.63, 3.8) is 0 Å². The monoisotopic (exact) mass is 549 g/mol. The first-order valence-corrected chi connectivity index (χ1v) is 12.9. The Balaban J connectivity index is 1.61. The highest BCUT2D eigenvalue weighted by atomic mass is 31.3. The summed E-state index contributed by atoms with van der Waals surface area (Å²) in [6.45, 7) is 0.350. The van der Waals surface area contributed by atoms with Crippen LogP contribution in [0.5, 0.6) is 0 Å². The molecule has 11 atom stereocenters. The SMILES string of the molecule is CC1O[C@H](OP(=O)(O)OP(=O)(O)OC[C@H]2O[C@@H](n3ccc(=O)[nH]c3=O)C(O)[C@H]2O)C(O)[C@@H](N)[C@@H]1O. The van der Waals surface area contributed by atoms with Crippen molar-refractivity contribution in [2.75, 3.05) is 6.61 Å². The lowest BCUT2D eigenvalue weighted by atomic mass is 9.98. The summed E-state index contributed by atoms with van der Waals surface area (Å²) in [6, 6.07) is -0.389. The zero-order valence-electron chi connectivity index (χ0n) is 17.8. The van der Waals surface area contributed by atoms with Crippen LogP contribution in [-0.4, -0.2) is 95.3 Å². The fourth-order valence-corrected chi connectivity index (χ4v) is 5.51. The van der Waals surface area contributed by atoms with Crippen LogP contribution >= 0.6 is 15.6 Å². The molecule has 0 radical (unpaired) electrons. The van der Waals surface area contributed by atoms with Gasteiger partial charge in [-0.1, -0.05) is 0 Å². The van der Waals surface area contributed by atoms with E-state index >= 15 is 0 Å². The summed E-state index contributed by atoms with van der Waals surface area (Å²) < 4.78 is 48.6. The highest BCUT2D eigenvalue weighted by Gasteiger charge is 2.48. The van der Waals surface area contributed by atoms with Crippen LogP contribution in [0.2, 0.25) is 0 Å². The summed E-state index contributed by atoms with van der Waals surface area (Å²) in [5.41, 5.74) is 3.86. The van der Waals surface area contributed by atoms with Gasteiger partial charge in [0.15, 0.2) is 12.5 Å². The average Bonchev–Trinajstić information content (AvgIpc) is 3.02. The number of aromatic nitrogens is 2. The third-order valence-corrected chi connectivity index (χ3v) is 7.81. The van der Waals surface area contributed by atoms with Gasteiger partial charge in [0.25, 0.3) is 5.56 Å². The van der Waals surface area contributed by atoms with E-state index in [0.717, 1.165) is 16.8 Å². The Morgan fingerprint density at radius 2 is 1.71 bits per heavy atom. The molecule has 3 heterocycles. The van der Waals surface area contributed by atoms with Crippen LogP contribution in [0, 0.1) is 0 Å². The number of aromatic amines is 1. The van der Waals surface area contributed by atoms with Gasteiger partial charge in [-0.05, 0) is 6.92 Å². The molecule has 0 amide bonds. The van der Waals surface area contributed by atoms with E-state index in [9.17, 15) is 48.9 Å². The van der Waals surface area contributed by atoms with Gasteiger partial charge in [0.1, 0.15) is 24.4 Å². The number of H-pyrrole nitrogens is 1. The number of nitrogens with one attached hydrogen (secondary N) is 1. The van der Waals surface area contributed by atoms with Crippen molar-refractivity contribution in [1.82, 2.24) is 9.55 Å². The van der Waals surface area contributed by atoms with E-state index in [1.165, 1.54) is 6.92 Å². The molecule has 3 rings (SSSR count). The van der Waals surface area contributed by atoms with E-state index < -0.39 is 88.7 Å². The van der Waals surface area contributed by atoms with Gasteiger partial charge in [0.05, 0.1) is 24.9 Å². The highest BCUT2D eigenvalue weighted by molar-refractivity contribution is 7.61. The Bertz CT molecular complexity index is 1110. The van der Waals surface area contributed by atoms with Crippen LogP contribution in [0.4, 0.5) is 0 Å². The summed E-state index contributed by atoms with van der Waals surface area (Å²) in [4.78, 5) is 44.6. The number of aliphatic hydroxyl groups is 4. The van der Waals surface area contributed by atoms with Crippen molar-refractivity contribution in [3.05, 3.63) is 33.1 Å². The van der Waals surface area contributed by atoms with Crippen LogP contribution in [0.25, 0.3) is 0 Å². The molecule has 1 aromatic rings. The maximum atomic E-state index is 12.2. The van der Waals surface area contributed by atoms with Gasteiger partial charge in [0, 0.05) is 12.3 Å². The Kier molecular flexibility index (Phi) is 8.52. The molecule has 0 spiro atoms. The molecule has 0 bridgehead atoms. The minimum Gasteiger partial charge on any atom is -0.389 e. The number of aliphatic hydroxyl groups excluding tert-OH is 4. The molecule has 1 aromatic heterocycles. The van der Waals surface area contributed by atoms with Crippen molar-refractivity contribution in [2.24, 2.45) is 5.73 Å². The summed E-state index contributed by atoms with van der Waals surface area (Å²) in [5.74, 6) is 0. The molecule has 0 saturated carbocycles. The smallest absolute Gasteiger partial charge is 0.389 e. The van der Waals surface area contributed by atoms with Crippen molar-refractivity contribution in [3.8, 4) is 0 Å². The maximum Gasteiger partial charge on any atom is 0.483 e. The second kappa shape index (κ2) is 10.6. The minimum absolute atomic E-state index is 0.730. The van der Waals surface area contributed by atoms with Gasteiger partial charge >= 0.3 is 21.3 Å². The molecule has 18 nitrogen and oxygen atoms in total. The van der Waals surface area contributed by atoms with Crippen molar-refractivity contribution < 1.29 is 62.2 Å². The lowest BCUT2D eigenvalue weighted by molar-refractivity contribution is -0.240. The summed E-state index contributed by atoms with van der Waals surface area (Å²) >= 11 is 0. The standard InChI is InChI=1S/C15H25N3O15P2/c1-5-9(20)8(16)11(22)14(30-5)32-35(27,28)33-34(25,26)29-4-6-10(21)12(23)13(31-6)18-3-2-7(19)17-15(18)24/h2-3,5-6,8-14,20-23H,4,16H2,1H3,(H,25,26)(H,27,28)(H,17,19,24)/t5?,6-,8+,9-,10+,11?,12?,13-,14-/m1/s1. The summed E-state index contributed by atoms with van der Waals surface area (Å²) in [6.07, 6.45) is -11.6. The topological polar surface area (TPSA) is 283 Å². The number of nitrogens with two attached hydrogens (primary N) is 1. The number of hydrogen-bond acceptors (Lipinski definition) is 14. The first-order chi connectivity index (χ1) is 16.1. The van der Waals surface area contributed by atoms with E-state index in [1.54, 1.807) is 0 Å². The fourth-order valence-electron chi connectivity index (χ4n) is 3.35. The molecule has 2 aliphatic rings. The first kappa shape index (κ1) is 28.2. The molecule has 2 saturated heterocycles. The Morgan fingerprint density at radius 1 is 1.06 bits per heavy atom. The zero-order chi connectivity index (χ0) is 26.3. The van der Waals surface area contributed by atoms with E-state index in [0.29, 0.717) is 0 Å². The first-order valence-electron chi connectivity index (χ1n) is 9.92. The third kappa shape index (κ3) is 6.51. The zero-order valence-corrected chi connectivity index (χ0v) is 19.6. The molecular formula is C15H25N3O15P2. The number of hydrogen-bond donors (Lipinski definition) is 8. The van der Waals surface area contributed by atoms with Crippen LogP contribution in [0.3, 0.4) is 0 Å². The van der Waals surface area contributed by atoms with Crippen molar-refractivity contribution >= 4 is 15.6 Å². The number of nitrogens with zero attached hydrogens (tertiary/aromatic N) is 1. The lowest BCUT2D eigenvalue weighted by Gasteiger charge is -2.39. The largest absolute Gasteiger partial charge is 0.483 e. The van der Waals surface area contributed by atoms with Crippen LogP contribution in [0.1, 0.15) is 13.2 Å². The molecule has 0 aromatic carbocycles. The number of ether oxygens (including phenoxy) is 2. The van der Waals surface area contributed by atoms with Gasteiger partial charge in [-0.3, -0.25) is 23.4 Å². The van der Waals surface area contributed by atoms with Crippen LogP contribution in [-0.2, 0) is 32.0 Å². The van der Waals surface area contributed by atoms with Crippen molar-refractivity contribution in [1.29, 1.82) is 0 Å². The number of phosphoric ester groups is 2. The Morgan fingerprint density at radius 3 is 2.34 bits per heavy atom. The predicted molar refractivity (Wildman–Crippen MR) is 109 cm³/mol. The predicted octanol–water partition coefficient (Wildman–Crippen LogP) is -3.80. The maximum absolute atomic E-state index is 12.2. The van der Waals surface area contributed by atoms with E-state index in [2.05, 4.69) is 13.4 Å². The molecule has 2 fully saturated rings. The average molecular weight is 549 g/mol. The van der Waals surface area contributed by atoms with E-state index in [-0.39, 0.29) is 0 Å². The normalized spacial score (nSPS) is 39.1. The van der Waals surface area contributed by atoms with Gasteiger partial charge < -0.3 is 45.4 Å². The number of phosphoric acid groups is 2. The van der Waals surface area contributed by atoms with Crippen molar-refractivity contribution in [2.45, 2.75) is 62.1 Å². The van der Waals surface area contributed by atoms with Crippen LogP contribution in [0.15, 0.2) is 21.9 Å². The Labute approximate surface area is 195 Å². The minimum atomic E-state index is -5.44. The van der Waals surface area contributed by atoms with Gasteiger partial charge in [0.2, 0.25) is 0 Å². The molecule has 5 unspecified atom stereocenters. The highest BCUT2D eigenvalue weighted by Crippen LogP contribution is 2.61. The second-order valence-electron chi connectivity index (χ2n) is 7.75. The van der Waals surface area contributed by atoms with Crippen LogP contribution < -0.4 is 17.0 Å². The van der Waals surface area contributed by atoms with Gasteiger partial charge in [-0.2, -0.15) is 4.31 Å². The van der Waals surface area contributed by atoms with Gasteiger partial charge in [-0.15, -0.1) is 0 Å². The number of rotatable bonds is 8. The molecule has 35 heavy (non-hydrogen) atoms. The molecule has 9 N–H and O–H groups in total. The fraction of sp³-hybridized carbons (Fsp3) is 0.733. The van der Waals surface area contributed by atoms with E-state index in [4.69, 9.17) is 15.2 Å².